The first-order valence-corrected chi connectivity index (χ1v) is 12.8. The van der Waals surface area contributed by atoms with Crippen LogP contribution in [0.5, 0.6) is 0 Å². The van der Waals surface area contributed by atoms with Crippen LogP contribution in [0.2, 0.25) is 0 Å². The normalized spacial score (nSPS) is 20.2. The molecule has 3 atom stereocenters. The maximum absolute atomic E-state index is 13.4. The van der Waals surface area contributed by atoms with Crippen molar-refractivity contribution in [2.45, 2.75) is 77.2 Å². The van der Waals surface area contributed by atoms with Crippen LogP contribution in [0.4, 0.5) is 26.3 Å². The molecule has 1 fully saturated rings. The summed E-state index contributed by atoms with van der Waals surface area (Å²) in [6, 6.07) is 19.5. The summed E-state index contributed by atoms with van der Waals surface area (Å²) in [6.07, 6.45) is -7.64. The van der Waals surface area contributed by atoms with E-state index in [1.54, 1.807) is 18.2 Å². The topological polar surface area (TPSA) is 27.0 Å². The van der Waals surface area contributed by atoms with E-state index in [9.17, 15) is 26.3 Å². The molecular formula is C29H36F6N2. The summed E-state index contributed by atoms with van der Waals surface area (Å²) in [7, 11) is 0. The highest BCUT2D eigenvalue weighted by atomic mass is 19.4. The van der Waals surface area contributed by atoms with E-state index in [0.717, 1.165) is 44.5 Å². The Morgan fingerprint density at radius 2 is 1.43 bits per heavy atom. The fraction of sp³-hybridized carbons (Fsp3) is 0.552. The molecule has 2 nitrogen and oxygen atoms in total. The Kier molecular flexibility index (Phi) is 12.0. The van der Waals surface area contributed by atoms with Crippen LogP contribution in [0.3, 0.4) is 0 Å². The van der Waals surface area contributed by atoms with Gasteiger partial charge in [0.1, 0.15) is 0 Å². The SMILES string of the molecule is CC#N.CCCN(CCCc1ccc(C2CCC(C(F)(F)F)C(C(F)(F)F)C2)cc1)Cc1ccccc1. The standard InChI is InChI=1S/C27H33F6N.C2H3N/c1-2-16-34(19-21-7-4-3-5-8-21)17-6-9-20-10-12-22(13-11-20)23-14-15-24(26(28,29)30)25(18-23)27(31,32)33;1-2-3/h3-5,7-8,10-13,23-25H,2,6,9,14-19H2,1H3;1H3. The number of benzene rings is 2. The van der Waals surface area contributed by atoms with Crippen molar-refractivity contribution in [2.75, 3.05) is 13.1 Å². The van der Waals surface area contributed by atoms with Gasteiger partial charge in [-0.3, -0.25) is 4.90 Å². The second-order valence-electron chi connectivity index (χ2n) is 9.64. The van der Waals surface area contributed by atoms with Gasteiger partial charge in [0.25, 0.3) is 0 Å². The molecule has 2 aromatic rings. The largest absolute Gasteiger partial charge is 0.392 e. The Morgan fingerprint density at radius 3 is 1.97 bits per heavy atom. The van der Waals surface area contributed by atoms with Gasteiger partial charge in [-0.15, -0.1) is 0 Å². The van der Waals surface area contributed by atoms with Gasteiger partial charge in [-0.1, -0.05) is 61.5 Å². The summed E-state index contributed by atoms with van der Waals surface area (Å²) >= 11 is 0. The number of alkyl halides is 6. The summed E-state index contributed by atoms with van der Waals surface area (Å²) in [6.45, 7) is 6.44. The van der Waals surface area contributed by atoms with Gasteiger partial charge in [0, 0.05) is 13.5 Å². The van der Waals surface area contributed by atoms with Gasteiger partial charge in [0.2, 0.25) is 0 Å². The van der Waals surface area contributed by atoms with Crippen molar-refractivity contribution in [3.63, 3.8) is 0 Å². The summed E-state index contributed by atoms with van der Waals surface area (Å²) in [5.41, 5.74) is 3.07. The highest BCUT2D eigenvalue weighted by Crippen LogP contribution is 2.52. The molecule has 0 spiro atoms. The molecule has 0 aromatic heterocycles. The van der Waals surface area contributed by atoms with Crippen molar-refractivity contribution in [3.05, 3.63) is 71.3 Å². The molecule has 1 aliphatic carbocycles. The molecule has 0 bridgehead atoms. The van der Waals surface area contributed by atoms with Crippen LogP contribution in [0.15, 0.2) is 54.6 Å². The number of nitrogens with zero attached hydrogens (tertiary/aromatic N) is 2. The molecule has 1 aliphatic rings. The quantitative estimate of drug-likeness (QED) is 0.306. The third-order valence-corrected chi connectivity index (χ3v) is 6.87. The Hall–Kier alpha value is -2.53. The van der Waals surface area contributed by atoms with Gasteiger partial charge in [-0.05, 0) is 74.2 Å². The zero-order chi connectivity index (χ0) is 27.5. The molecule has 0 heterocycles. The zero-order valence-corrected chi connectivity index (χ0v) is 21.5. The van der Waals surface area contributed by atoms with E-state index in [4.69, 9.17) is 5.26 Å². The third-order valence-electron chi connectivity index (χ3n) is 6.87. The molecule has 0 saturated heterocycles. The molecule has 8 heteroatoms. The second kappa shape index (κ2) is 14.4. The molecule has 3 rings (SSSR count). The number of hydrogen-bond donors (Lipinski definition) is 0. The van der Waals surface area contributed by atoms with Gasteiger partial charge in [-0.25, -0.2) is 0 Å². The molecule has 0 aliphatic heterocycles. The molecule has 37 heavy (non-hydrogen) atoms. The van der Waals surface area contributed by atoms with Crippen molar-refractivity contribution in [1.29, 1.82) is 5.26 Å². The van der Waals surface area contributed by atoms with Crippen LogP contribution in [-0.4, -0.2) is 30.3 Å². The average molecular weight is 527 g/mol. The Balaban J connectivity index is 0.00000153. The zero-order valence-electron chi connectivity index (χ0n) is 21.5. The smallest absolute Gasteiger partial charge is 0.299 e. The number of rotatable bonds is 9. The maximum Gasteiger partial charge on any atom is 0.392 e. The summed E-state index contributed by atoms with van der Waals surface area (Å²) in [5, 5.41) is 7.32. The van der Waals surface area contributed by atoms with Crippen LogP contribution < -0.4 is 0 Å². The summed E-state index contributed by atoms with van der Waals surface area (Å²) < 4.78 is 79.5. The Bertz CT molecular complexity index is 948. The van der Waals surface area contributed by atoms with Crippen molar-refractivity contribution in [1.82, 2.24) is 4.90 Å². The third kappa shape index (κ3) is 10.0. The molecule has 0 radical (unpaired) electrons. The number of nitriles is 1. The molecule has 0 N–H and O–H groups in total. The van der Waals surface area contributed by atoms with E-state index >= 15 is 0 Å². The first-order valence-electron chi connectivity index (χ1n) is 12.8. The minimum atomic E-state index is -4.84. The number of halogens is 6. The van der Waals surface area contributed by atoms with Gasteiger partial charge >= 0.3 is 12.4 Å². The molecule has 1 saturated carbocycles. The highest BCUT2D eigenvalue weighted by molar-refractivity contribution is 5.26. The Labute approximate surface area is 216 Å². The van der Waals surface area contributed by atoms with Crippen LogP contribution in [0, 0.1) is 23.2 Å². The van der Waals surface area contributed by atoms with E-state index in [1.807, 2.05) is 30.3 Å². The molecule has 0 amide bonds. The van der Waals surface area contributed by atoms with Crippen molar-refractivity contribution < 1.29 is 26.3 Å². The maximum atomic E-state index is 13.4. The van der Waals surface area contributed by atoms with Crippen LogP contribution in [0.25, 0.3) is 0 Å². The van der Waals surface area contributed by atoms with Crippen LogP contribution >= 0.6 is 0 Å². The lowest BCUT2D eigenvalue weighted by Gasteiger charge is -2.38. The van der Waals surface area contributed by atoms with Crippen molar-refractivity contribution in [3.8, 4) is 6.07 Å². The first-order chi connectivity index (χ1) is 17.5. The van der Waals surface area contributed by atoms with E-state index in [1.165, 1.54) is 12.5 Å². The van der Waals surface area contributed by atoms with Gasteiger partial charge in [0.15, 0.2) is 0 Å². The molecule has 2 aromatic carbocycles. The van der Waals surface area contributed by atoms with E-state index in [-0.39, 0.29) is 6.42 Å². The predicted molar refractivity (Wildman–Crippen MR) is 134 cm³/mol. The van der Waals surface area contributed by atoms with Gasteiger partial charge in [-0.2, -0.15) is 31.6 Å². The van der Waals surface area contributed by atoms with Crippen LogP contribution in [-0.2, 0) is 13.0 Å². The molecule has 204 valence electrons. The summed E-state index contributed by atoms with van der Waals surface area (Å²) in [4.78, 5) is 2.42. The monoisotopic (exact) mass is 526 g/mol. The fourth-order valence-electron chi connectivity index (χ4n) is 5.12. The van der Waals surface area contributed by atoms with E-state index in [0.29, 0.717) is 5.56 Å². The average Bonchev–Trinajstić information content (AvgIpc) is 2.84. The van der Waals surface area contributed by atoms with Crippen molar-refractivity contribution >= 4 is 0 Å². The lowest BCUT2D eigenvalue weighted by molar-refractivity contribution is -0.263. The van der Waals surface area contributed by atoms with E-state index in [2.05, 4.69) is 24.0 Å². The first kappa shape index (κ1) is 30.7. The molecular weight excluding hydrogens is 490 g/mol. The lowest BCUT2D eigenvalue weighted by Crippen LogP contribution is -2.42. The minimum Gasteiger partial charge on any atom is -0.299 e. The Morgan fingerprint density at radius 1 is 0.838 bits per heavy atom. The van der Waals surface area contributed by atoms with Gasteiger partial charge in [0.05, 0.1) is 17.9 Å². The van der Waals surface area contributed by atoms with E-state index < -0.39 is 42.9 Å². The predicted octanol–water partition coefficient (Wildman–Crippen LogP) is 8.69. The minimum absolute atomic E-state index is 0.127. The molecule has 3 unspecified atom stereocenters. The lowest BCUT2D eigenvalue weighted by atomic mass is 9.71. The van der Waals surface area contributed by atoms with Crippen LogP contribution in [0.1, 0.15) is 68.6 Å². The fourth-order valence-corrected chi connectivity index (χ4v) is 5.12. The van der Waals surface area contributed by atoms with Crippen molar-refractivity contribution in [2.24, 2.45) is 11.8 Å². The summed E-state index contributed by atoms with van der Waals surface area (Å²) in [5.74, 6) is -5.13. The second-order valence-corrected chi connectivity index (χ2v) is 9.64. The number of aryl methyl sites for hydroxylation is 1. The van der Waals surface area contributed by atoms with Gasteiger partial charge < -0.3 is 0 Å². The highest BCUT2D eigenvalue weighted by Gasteiger charge is 2.56. The number of hydrogen-bond acceptors (Lipinski definition) is 2.